The summed E-state index contributed by atoms with van der Waals surface area (Å²) in [4.78, 5) is 14.1. The molecule has 3 aromatic heterocycles. The molecule has 1 N–H and O–H groups in total. The molecule has 12 heteroatoms. The molecule has 0 radical (unpaired) electrons. The topological polar surface area (TPSA) is 91.9 Å². The van der Waals surface area contributed by atoms with Crippen molar-refractivity contribution in [2.75, 3.05) is 18.5 Å². The summed E-state index contributed by atoms with van der Waals surface area (Å²) in [5.41, 5.74) is 3.94. The van der Waals surface area contributed by atoms with Crippen LogP contribution in [0, 0.1) is 5.82 Å². The van der Waals surface area contributed by atoms with Crippen molar-refractivity contribution in [2.24, 2.45) is 0 Å². The SMILES string of the molecule is C[Si](C)(C)CCOCn1cc(Nc2ccnc(-c3ccc(F)cc3)n2)c(-c2nc3ccccc3n2COCC[Si](C)(C)C)n1. The Morgan fingerprint density at radius 1 is 0.818 bits per heavy atom. The molecule has 44 heavy (non-hydrogen) atoms. The van der Waals surface area contributed by atoms with Gasteiger partial charge in [0.15, 0.2) is 17.3 Å². The van der Waals surface area contributed by atoms with Crippen molar-refractivity contribution in [2.45, 2.75) is 64.8 Å². The predicted octanol–water partition coefficient (Wildman–Crippen LogP) is 7.86. The van der Waals surface area contributed by atoms with Crippen LogP contribution in [0.3, 0.4) is 0 Å². The number of hydrogen-bond donors (Lipinski definition) is 1. The summed E-state index contributed by atoms with van der Waals surface area (Å²) in [6, 6.07) is 18.1. The zero-order valence-corrected chi connectivity index (χ0v) is 28.5. The van der Waals surface area contributed by atoms with E-state index in [0.29, 0.717) is 49.8 Å². The number of imidazole rings is 1. The van der Waals surface area contributed by atoms with E-state index in [1.54, 1.807) is 29.1 Å². The lowest BCUT2D eigenvalue weighted by molar-refractivity contribution is 0.0786. The average Bonchev–Trinajstić information content (AvgIpc) is 3.53. The monoisotopic (exact) mass is 631 g/mol. The molecule has 0 saturated heterocycles. The summed E-state index contributed by atoms with van der Waals surface area (Å²) < 4.78 is 29.6. The maximum Gasteiger partial charge on any atom is 0.165 e. The first-order valence-corrected chi connectivity index (χ1v) is 22.4. The highest BCUT2D eigenvalue weighted by atomic mass is 28.3. The van der Waals surface area contributed by atoms with Crippen molar-refractivity contribution >= 4 is 38.7 Å². The number of fused-ring (bicyclic) bond motifs is 1. The first kappa shape index (κ1) is 31.7. The molecule has 0 atom stereocenters. The Balaban J connectivity index is 1.48. The molecule has 0 fully saturated rings. The van der Waals surface area contributed by atoms with Gasteiger partial charge < -0.3 is 14.8 Å². The van der Waals surface area contributed by atoms with Gasteiger partial charge in [0.25, 0.3) is 0 Å². The number of aromatic nitrogens is 6. The molecule has 0 unspecified atom stereocenters. The number of anilines is 2. The summed E-state index contributed by atoms with van der Waals surface area (Å²) >= 11 is 0. The number of nitrogens with one attached hydrogen (secondary N) is 1. The van der Waals surface area contributed by atoms with Gasteiger partial charge in [-0.25, -0.2) is 24.0 Å². The Morgan fingerprint density at radius 3 is 2.20 bits per heavy atom. The smallest absolute Gasteiger partial charge is 0.165 e. The van der Waals surface area contributed by atoms with Crippen molar-refractivity contribution < 1.29 is 13.9 Å². The summed E-state index contributed by atoms with van der Waals surface area (Å²) in [5.74, 6) is 1.45. The standard InChI is InChI=1S/C32H42FN7O2Si2/c1-43(2,3)19-17-41-22-39-21-27(35-29-15-16-34-31(37-29)24-11-13-25(33)14-12-24)30(38-39)32-36-26-9-7-8-10-28(26)40(32)23-42-18-20-44(4,5)6/h7-16,21H,17-20,22-23H2,1-6H3,(H,34,35,37). The molecule has 0 bridgehead atoms. The quantitative estimate of drug-likeness (QED) is 0.0985. The van der Waals surface area contributed by atoms with Crippen LogP contribution in [0.25, 0.3) is 33.9 Å². The van der Waals surface area contributed by atoms with E-state index in [-0.39, 0.29) is 5.82 Å². The van der Waals surface area contributed by atoms with Gasteiger partial charge in [0.05, 0.1) is 22.9 Å². The molecule has 0 spiro atoms. The second kappa shape index (κ2) is 13.5. The molecule has 0 aliphatic rings. The van der Waals surface area contributed by atoms with E-state index in [9.17, 15) is 4.39 Å². The lowest BCUT2D eigenvalue weighted by Crippen LogP contribution is -2.22. The molecular weight excluding hydrogens is 590 g/mol. The third kappa shape index (κ3) is 8.47. The molecule has 0 aliphatic heterocycles. The van der Waals surface area contributed by atoms with E-state index in [1.807, 2.05) is 24.4 Å². The second-order valence-corrected chi connectivity index (χ2v) is 24.6. The Hall–Kier alpha value is -3.72. The van der Waals surface area contributed by atoms with Crippen molar-refractivity contribution in [3.05, 3.63) is 72.8 Å². The van der Waals surface area contributed by atoms with Gasteiger partial charge >= 0.3 is 0 Å². The van der Waals surface area contributed by atoms with Crippen LogP contribution >= 0.6 is 0 Å². The molecule has 232 valence electrons. The largest absolute Gasteiger partial charge is 0.361 e. The normalized spacial score (nSPS) is 12.2. The van der Waals surface area contributed by atoms with Gasteiger partial charge in [-0.15, -0.1) is 0 Å². The Bertz CT molecular complexity index is 1690. The maximum atomic E-state index is 13.5. The van der Waals surface area contributed by atoms with Crippen LogP contribution < -0.4 is 5.32 Å². The fourth-order valence-electron chi connectivity index (χ4n) is 4.51. The van der Waals surface area contributed by atoms with Crippen molar-refractivity contribution in [3.63, 3.8) is 0 Å². The average molecular weight is 632 g/mol. The Labute approximate surface area is 260 Å². The van der Waals surface area contributed by atoms with E-state index < -0.39 is 16.1 Å². The van der Waals surface area contributed by atoms with Crippen molar-refractivity contribution in [1.29, 1.82) is 0 Å². The highest BCUT2D eigenvalue weighted by Gasteiger charge is 2.21. The summed E-state index contributed by atoms with van der Waals surface area (Å²) in [6.07, 6.45) is 3.60. The summed E-state index contributed by atoms with van der Waals surface area (Å²) in [7, 11) is -2.46. The van der Waals surface area contributed by atoms with Crippen LogP contribution in [-0.4, -0.2) is 58.7 Å². The maximum absolute atomic E-state index is 13.5. The molecular formula is C32H42FN7O2Si2. The molecule has 3 heterocycles. The number of rotatable bonds is 14. The highest BCUT2D eigenvalue weighted by molar-refractivity contribution is 6.76. The second-order valence-electron chi connectivity index (χ2n) is 13.4. The fourth-order valence-corrected chi connectivity index (χ4v) is 6.02. The molecule has 2 aromatic carbocycles. The number of hydrogen-bond acceptors (Lipinski definition) is 7. The van der Waals surface area contributed by atoms with E-state index in [1.165, 1.54) is 12.1 Å². The number of para-hydroxylation sites is 2. The van der Waals surface area contributed by atoms with Gasteiger partial charge in [-0.3, -0.25) is 4.57 Å². The summed E-state index contributed by atoms with van der Waals surface area (Å²) in [5, 5.41) is 8.39. The molecule has 0 amide bonds. The van der Waals surface area contributed by atoms with Crippen LogP contribution in [0.2, 0.25) is 51.4 Å². The predicted molar refractivity (Wildman–Crippen MR) is 180 cm³/mol. The van der Waals surface area contributed by atoms with Crippen LogP contribution in [0.1, 0.15) is 0 Å². The number of nitrogens with zero attached hydrogens (tertiary/aromatic N) is 6. The molecule has 0 aliphatic carbocycles. The summed E-state index contributed by atoms with van der Waals surface area (Å²) in [6.45, 7) is 16.1. The molecule has 5 rings (SSSR count). The zero-order valence-electron chi connectivity index (χ0n) is 26.5. The van der Waals surface area contributed by atoms with E-state index in [4.69, 9.17) is 24.5 Å². The first-order chi connectivity index (χ1) is 20.9. The number of halogens is 1. The minimum absolute atomic E-state index is 0.306. The van der Waals surface area contributed by atoms with Crippen LogP contribution in [-0.2, 0) is 22.9 Å². The molecule has 5 aromatic rings. The van der Waals surface area contributed by atoms with Crippen LogP contribution in [0.15, 0.2) is 67.0 Å². The highest BCUT2D eigenvalue weighted by Crippen LogP contribution is 2.32. The lowest BCUT2D eigenvalue weighted by Gasteiger charge is -2.16. The van der Waals surface area contributed by atoms with Crippen molar-refractivity contribution in [1.82, 2.24) is 29.3 Å². The van der Waals surface area contributed by atoms with Crippen molar-refractivity contribution in [3.8, 4) is 22.9 Å². The third-order valence-corrected chi connectivity index (χ3v) is 10.5. The number of ether oxygens (including phenoxy) is 2. The Kier molecular flexibility index (Phi) is 9.73. The van der Waals surface area contributed by atoms with Gasteiger partial charge in [-0.1, -0.05) is 51.4 Å². The lowest BCUT2D eigenvalue weighted by atomic mass is 10.2. The minimum Gasteiger partial charge on any atom is -0.361 e. The van der Waals surface area contributed by atoms with E-state index in [0.717, 1.165) is 34.4 Å². The molecule has 0 saturated carbocycles. The fraction of sp³-hybridized carbons (Fsp3) is 0.375. The van der Waals surface area contributed by atoms with Gasteiger partial charge in [0.1, 0.15) is 25.1 Å². The van der Waals surface area contributed by atoms with Gasteiger partial charge in [0.2, 0.25) is 0 Å². The van der Waals surface area contributed by atoms with E-state index in [2.05, 4.69) is 60.2 Å². The van der Waals surface area contributed by atoms with Crippen LogP contribution in [0.4, 0.5) is 15.9 Å². The van der Waals surface area contributed by atoms with Crippen LogP contribution in [0.5, 0.6) is 0 Å². The van der Waals surface area contributed by atoms with E-state index >= 15 is 0 Å². The van der Waals surface area contributed by atoms with Gasteiger partial charge in [-0.05, 0) is 54.6 Å². The zero-order chi connectivity index (χ0) is 31.3. The first-order valence-electron chi connectivity index (χ1n) is 15.0. The van der Waals surface area contributed by atoms with Gasteiger partial charge in [0, 0.05) is 41.1 Å². The Morgan fingerprint density at radius 2 is 1.50 bits per heavy atom. The van der Waals surface area contributed by atoms with Gasteiger partial charge in [-0.2, -0.15) is 5.10 Å². The number of benzene rings is 2. The minimum atomic E-state index is -1.24. The third-order valence-electron chi connectivity index (χ3n) is 7.09. The molecule has 9 nitrogen and oxygen atoms in total.